The lowest BCUT2D eigenvalue weighted by Gasteiger charge is -2.22. The maximum Gasteiger partial charge on any atom is 0.242 e. The highest BCUT2D eigenvalue weighted by atomic mass is 16.2. The van der Waals surface area contributed by atoms with E-state index in [1.807, 2.05) is 55.9 Å². The van der Waals surface area contributed by atoms with Crippen LogP contribution in [0.1, 0.15) is 13.8 Å². The Kier molecular flexibility index (Phi) is 4.08. The topological polar surface area (TPSA) is 64.2 Å². The summed E-state index contributed by atoms with van der Waals surface area (Å²) in [6, 6.07) is 7.66. The standard InChI is InChI=1S/C15H20N4O/c1-11(2)18(3)14(20)10-19-9-8-17-15(19)12-4-6-13(16)7-5-12/h4-9,11H,10,16H2,1-3H3. The molecule has 20 heavy (non-hydrogen) atoms. The monoisotopic (exact) mass is 272 g/mol. The van der Waals surface area contributed by atoms with E-state index in [2.05, 4.69) is 4.98 Å². The average molecular weight is 272 g/mol. The molecule has 0 radical (unpaired) electrons. The molecule has 0 spiro atoms. The van der Waals surface area contributed by atoms with Gasteiger partial charge >= 0.3 is 0 Å². The Balaban J connectivity index is 2.21. The van der Waals surface area contributed by atoms with E-state index < -0.39 is 0 Å². The molecule has 0 aliphatic carbocycles. The molecule has 0 saturated heterocycles. The Morgan fingerprint density at radius 2 is 2.00 bits per heavy atom. The second-order valence-electron chi connectivity index (χ2n) is 5.10. The lowest BCUT2D eigenvalue weighted by molar-refractivity contribution is -0.131. The highest BCUT2D eigenvalue weighted by Gasteiger charge is 2.14. The van der Waals surface area contributed by atoms with Gasteiger partial charge in [-0.3, -0.25) is 4.79 Å². The van der Waals surface area contributed by atoms with Crippen LogP contribution in [0.25, 0.3) is 11.4 Å². The minimum Gasteiger partial charge on any atom is -0.399 e. The number of benzene rings is 1. The summed E-state index contributed by atoms with van der Waals surface area (Å²) in [5, 5.41) is 0. The molecule has 5 nitrogen and oxygen atoms in total. The van der Waals surface area contributed by atoms with E-state index in [0.29, 0.717) is 5.69 Å². The molecular formula is C15H20N4O. The third-order valence-electron chi connectivity index (χ3n) is 3.36. The third kappa shape index (κ3) is 2.99. The molecule has 0 unspecified atom stereocenters. The number of nitrogens with two attached hydrogens (primary N) is 1. The number of amides is 1. The molecule has 1 heterocycles. The molecular weight excluding hydrogens is 252 g/mol. The van der Waals surface area contributed by atoms with Gasteiger partial charge in [-0.2, -0.15) is 0 Å². The predicted octanol–water partition coefficient (Wildman–Crippen LogP) is 2.00. The van der Waals surface area contributed by atoms with Crippen LogP contribution in [0.4, 0.5) is 5.69 Å². The van der Waals surface area contributed by atoms with Crippen molar-refractivity contribution < 1.29 is 4.79 Å². The first-order chi connectivity index (χ1) is 9.49. The SMILES string of the molecule is CC(C)N(C)C(=O)Cn1ccnc1-c1ccc(N)cc1. The fourth-order valence-electron chi connectivity index (χ4n) is 1.87. The van der Waals surface area contributed by atoms with Gasteiger partial charge in [0.2, 0.25) is 5.91 Å². The minimum atomic E-state index is 0.0645. The van der Waals surface area contributed by atoms with Crippen LogP contribution < -0.4 is 5.73 Å². The molecule has 1 amide bonds. The van der Waals surface area contributed by atoms with Crippen molar-refractivity contribution in [1.82, 2.24) is 14.5 Å². The zero-order valence-electron chi connectivity index (χ0n) is 12.1. The van der Waals surface area contributed by atoms with E-state index in [9.17, 15) is 4.79 Å². The molecule has 2 aromatic rings. The summed E-state index contributed by atoms with van der Waals surface area (Å²) in [7, 11) is 1.81. The number of imidazole rings is 1. The molecule has 0 aliphatic rings. The lowest BCUT2D eigenvalue weighted by atomic mass is 10.2. The van der Waals surface area contributed by atoms with Gasteiger partial charge in [-0.15, -0.1) is 0 Å². The van der Waals surface area contributed by atoms with Crippen LogP contribution in [0.5, 0.6) is 0 Å². The molecule has 5 heteroatoms. The lowest BCUT2D eigenvalue weighted by Crippen LogP contribution is -2.35. The molecule has 1 aromatic heterocycles. The van der Waals surface area contributed by atoms with Gasteiger partial charge in [0.05, 0.1) is 0 Å². The molecule has 0 aliphatic heterocycles. The number of nitrogens with zero attached hydrogens (tertiary/aromatic N) is 3. The summed E-state index contributed by atoms with van der Waals surface area (Å²) in [5.41, 5.74) is 7.34. The summed E-state index contributed by atoms with van der Waals surface area (Å²) in [5.74, 6) is 0.838. The van der Waals surface area contributed by atoms with Crippen molar-refractivity contribution >= 4 is 11.6 Å². The van der Waals surface area contributed by atoms with E-state index in [1.165, 1.54) is 0 Å². The van der Waals surface area contributed by atoms with Crippen LogP contribution in [0.3, 0.4) is 0 Å². The highest BCUT2D eigenvalue weighted by molar-refractivity contribution is 5.76. The fraction of sp³-hybridized carbons (Fsp3) is 0.333. The average Bonchev–Trinajstić information content (AvgIpc) is 2.86. The van der Waals surface area contributed by atoms with Crippen molar-refractivity contribution in [2.24, 2.45) is 0 Å². The first-order valence-electron chi connectivity index (χ1n) is 6.61. The second-order valence-corrected chi connectivity index (χ2v) is 5.10. The highest BCUT2D eigenvalue weighted by Crippen LogP contribution is 2.19. The predicted molar refractivity (Wildman–Crippen MR) is 80.0 cm³/mol. The van der Waals surface area contributed by atoms with E-state index in [4.69, 9.17) is 5.73 Å². The number of likely N-dealkylation sites (N-methyl/N-ethyl adjacent to an activating group) is 1. The van der Waals surface area contributed by atoms with Gasteiger partial charge in [-0.25, -0.2) is 4.98 Å². The molecule has 2 rings (SSSR count). The molecule has 0 saturated carbocycles. The summed E-state index contributed by atoms with van der Waals surface area (Å²) in [6.45, 7) is 4.27. The molecule has 106 valence electrons. The van der Waals surface area contributed by atoms with Crippen molar-refractivity contribution in [3.05, 3.63) is 36.7 Å². The van der Waals surface area contributed by atoms with Crippen LogP contribution in [0, 0.1) is 0 Å². The van der Waals surface area contributed by atoms with Gasteiger partial charge in [0.25, 0.3) is 0 Å². The molecule has 0 atom stereocenters. The van der Waals surface area contributed by atoms with Gasteiger partial charge < -0.3 is 15.2 Å². The van der Waals surface area contributed by atoms with Gasteiger partial charge in [0.1, 0.15) is 12.4 Å². The quantitative estimate of drug-likeness (QED) is 0.866. The largest absolute Gasteiger partial charge is 0.399 e. The van der Waals surface area contributed by atoms with Crippen LogP contribution >= 0.6 is 0 Å². The molecule has 2 N–H and O–H groups in total. The van der Waals surface area contributed by atoms with Crippen molar-refractivity contribution in [3.63, 3.8) is 0 Å². The van der Waals surface area contributed by atoms with E-state index in [-0.39, 0.29) is 18.5 Å². The summed E-state index contributed by atoms with van der Waals surface area (Å²) < 4.78 is 1.85. The Labute approximate surface area is 119 Å². The minimum absolute atomic E-state index is 0.0645. The van der Waals surface area contributed by atoms with Gasteiger partial charge in [-0.05, 0) is 38.1 Å². The first kappa shape index (κ1) is 14.1. The van der Waals surface area contributed by atoms with Crippen molar-refractivity contribution in [2.45, 2.75) is 26.4 Å². The Bertz CT molecular complexity index is 586. The van der Waals surface area contributed by atoms with Crippen LogP contribution in [0.2, 0.25) is 0 Å². The Morgan fingerprint density at radius 1 is 1.35 bits per heavy atom. The number of hydrogen-bond donors (Lipinski definition) is 1. The van der Waals surface area contributed by atoms with Crippen molar-refractivity contribution in [2.75, 3.05) is 12.8 Å². The normalized spacial score (nSPS) is 10.8. The molecule has 0 bridgehead atoms. The summed E-state index contributed by atoms with van der Waals surface area (Å²) in [6.07, 6.45) is 3.52. The third-order valence-corrected chi connectivity index (χ3v) is 3.36. The smallest absolute Gasteiger partial charge is 0.242 e. The number of aromatic nitrogens is 2. The van der Waals surface area contributed by atoms with Crippen LogP contribution in [-0.4, -0.2) is 33.4 Å². The molecule has 1 aromatic carbocycles. The van der Waals surface area contributed by atoms with Crippen molar-refractivity contribution in [3.8, 4) is 11.4 Å². The van der Waals surface area contributed by atoms with E-state index >= 15 is 0 Å². The van der Waals surface area contributed by atoms with E-state index in [1.54, 1.807) is 11.1 Å². The number of nitrogen functional groups attached to an aromatic ring is 1. The summed E-state index contributed by atoms with van der Waals surface area (Å²) >= 11 is 0. The maximum absolute atomic E-state index is 12.1. The van der Waals surface area contributed by atoms with Crippen molar-refractivity contribution in [1.29, 1.82) is 0 Å². The fourth-order valence-corrected chi connectivity index (χ4v) is 1.87. The Hall–Kier alpha value is -2.30. The van der Waals surface area contributed by atoms with Gasteiger partial charge in [0.15, 0.2) is 0 Å². The van der Waals surface area contributed by atoms with Crippen LogP contribution in [0.15, 0.2) is 36.7 Å². The molecule has 0 fully saturated rings. The number of carbonyl (C=O) groups is 1. The zero-order valence-corrected chi connectivity index (χ0v) is 12.1. The van der Waals surface area contributed by atoms with E-state index in [0.717, 1.165) is 11.4 Å². The number of rotatable bonds is 4. The van der Waals surface area contributed by atoms with Crippen LogP contribution in [-0.2, 0) is 11.3 Å². The number of hydrogen-bond acceptors (Lipinski definition) is 3. The Morgan fingerprint density at radius 3 is 2.60 bits per heavy atom. The van der Waals surface area contributed by atoms with Gasteiger partial charge in [0, 0.05) is 36.7 Å². The summed E-state index contributed by atoms with van der Waals surface area (Å²) in [4.78, 5) is 18.2. The second kappa shape index (κ2) is 5.77. The first-order valence-corrected chi connectivity index (χ1v) is 6.61. The number of anilines is 1. The maximum atomic E-state index is 12.1. The number of carbonyl (C=O) groups excluding carboxylic acids is 1. The van der Waals surface area contributed by atoms with Gasteiger partial charge in [-0.1, -0.05) is 0 Å². The zero-order chi connectivity index (χ0) is 14.7.